The molecule has 0 aromatic rings. The molecule has 0 aromatic carbocycles. The molecule has 1 aliphatic carbocycles. The molecule has 0 saturated heterocycles. The first-order chi connectivity index (χ1) is 6.49. The summed E-state index contributed by atoms with van der Waals surface area (Å²) in [6, 6.07) is 0.315. The third-order valence-electron chi connectivity index (χ3n) is 2.59. The van der Waals surface area contributed by atoms with Crippen molar-refractivity contribution in [1.82, 2.24) is 5.32 Å². The van der Waals surface area contributed by atoms with Crippen LogP contribution in [0.4, 0.5) is 0 Å². The summed E-state index contributed by atoms with van der Waals surface area (Å²) < 4.78 is 29.4. The number of nitrogens with two attached hydrogens (primary N) is 1. The summed E-state index contributed by atoms with van der Waals surface area (Å²) in [7, 11) is -3.85. The molecule has 4 N–H and O–H groups in total. The van der Waals surface area contributed by atoms with Crippen LogP contribution in [0.25, 0.3) is 0 Å². The SMILES string of the molecule is NC1CCCCC1NCCS(=O)(=O)O. The Morgan fingerprint density at radius 1 is 1.36 bits per heavy atom. The van der Waals surface area contributed by atoms with Crippen molar-refractivity contribution in [2.45, 2.75) is 37.8 Å². The molecule has 14 heavy (non-hydrogen) atoms. The standard InChI is InChI=1S/C8H18N2O3S/c9-7-3-1-2-4-8(7)10-5-6-14(11,12)13/h7-8,10H,1-6,9H2,(H,11,12,13). The molecule has 2 unspecified atom stereocenters. The smallest absolute Gasteiger partial charge is 0.266 e. The van der Waals surface area contributed by atoms with E-state index in [-0.39, 0.29) is 24.4 Å². The van der Waals surface area contributed by atoms with Crippen molar-refractivity contribution < 1.29 is 13.0 Å². The summed E-state index contributed by atoms with van der Waals surface area (Å²) in [5.74, 6) is -0.240. The topological polar surface area (TPSA) is 92.4 Å². The van der Waals surface area contributed by atoms with Gasteiger partial charge < -0.3 is 11.1 Å². The van der Waals surface area contributed by atoms with E-state index in [0.717, 1.165) is 25.7 Å². The lowest BCUT2D eigenvalue weighted by Crippen LogP contribution is -2.48. The molecule has 84 valence electrons. The fourth-order valence-corrected chi connectivity index (χ4v) is 2.16. The Morgan fingerprint density at radius 3 is 2.57 bits per heavy atom. The van der Waals surface area contributed by atoms with E-state index in [0.29, 0.717) is 0 Å². The fourth-order valence-electron chi connectivity index (χ4n) is 1.79. The molecule has 0 spiro atoms. The molecule has 0 bridgehead atoms. The summed E-state index contributed by atoms with van der Waals surface area (Å²) >= 11 is 0. The predicted molar refractivity (Wildman–Crippen MR) is 54.6 cm³/mol. The normalized spacial score (nSPS) is 29.0. The Bertz CT molecular complexity index is 266. The van der Waals surface area contributed by atoms with E-state index in [9.17, 15) is 8.42 Å². The second-order valence-electron chi connectivity index (χ2n) is 3.79. The van der Waals surface area contributed by atoms with Gasteiger partial charge in [0.2, 0.25) is 0 Å². The van der Waals surface area contributed by atoms with Crippen LogP contribution in [0.3, 0.4) is 0 Å². The van der Waals surface area contributed by atoms with E-state index in [4.69, 9.17) is 10.3 Å². The summed E-state index contributed by atoms with van der Waals surface area (Å²) in [4.78, 5) is 0. The Hall–Kier alpha value is -0.170. The lowest BCUT2D eigenvalue weighted by atomic mass is 9.91. The molecule has 0 radical (unpaired) electrons. The number of rotatable bonds is 4. The van der Waals surface area contributed by atoms with Crippen molar-refractivity contribution in [1.29, 1.82) is 0 Å². The van der Waals surface area contributed by atoms with E-state index >= 15 is 0 Å². The van der Waals surface area contributed by atoms with Crippen molar-refractivity contribution in [3.63, 3.8) is 0 Å². The maximum absolute atomic E-state index is 10.4. The molecule has 0 aromatic heterocycles. The van der Waals surface area contributed by atoms with Crippen molar-refractivity contribution in [2.75, 3.05) is 12.3 Å². The largest absolute Gasteiger partial charge is 0.326 e. The molecule has 6 heteroatoms. The van der Waals surface area contributed by atoms with Gasteiger partial charge in [-0.05, 0) is 12.8 Å². The van der Waals surface area contributed by atoms with Crippen LogP contribution in [0.1, 0.15) is 25.7 Å². The maximum atomic E-state index is 10.4. The Kier molecular flexibility index (Phi) is 4.31. The highest BCUT2D eigenvalue weighted by molar-refractivity contribution is 7.85. The van der Waals surface area contributed by atoms with Gasteiger partial charge in [-0.3, -0.25) is 4.55 Å². The van der Waals surface area contributed by atoms with E-state index < -0.39 is 10.1 Å². The van der Waals surface area contributed by atoms with Gasteiger partial charge in [0.05, 0.1) is 5.75 Å². The summed E-state index contributed by atoms with van der Waals surface area (Å²) in [6.07, 6.45) is 4.27. The van der Waals surface area contributed by atoms with Crippen LogP contribution >= 0.6 is 0 Å². The average molecular weight is 222 g/mol. The lowest BCUT2D eigenvalue weighted by Gasteiger charge is -2.29. The maximum Gasteiger partial charge on any atom is 0.266 e. The van der Waals surface area contributed by atoms with Crippen molar-refractivity contribution >= 4 is 10.1 Å². The zero-order chi connectivity index (χ0) is 10.6. The molecule has 1 rings (SSSR count). The minimum atomic E-state index is -3.85. The second kappa shape index (κ2) is 5.06. The second-order valence-corrected chi connectivity index (χ2v) is 5.37. The monoisotopic (exact) mass is 222 g/mol. The molecule has 0 aliphatic heterocycles. The Labute approximate surface area is 84.8 Å². The first-order valence-electron chi connectivity index (χ1n) is 4.93. The zero-order valence-electron chi connectivity index (χ0n) is 8.15. The Balaban J connectivity index is 2.23. The quantitative estimate of drug-likeness (QED) is 0.570. The minimum absolute atomic E-state index is 0.116. The van der Waals surface area contributed by atoms with Gasteiger partial charge in [0, 0.05) is 18.6 Å². The van der Waals surface area contributed by atoms with Crippen molar-refractivity contribution in [3.05, 3.63) is 0 Å². The van der Waals surface area contributed by atoms with Crippen LogP contribution in [0, 0.1) is 0 Å². The van der Waals surface area contributed by atoms with Crippen LogP contribution in [0.2, 0.25) is 0 Å². The van der Waals surface area contributed by atoms with E-state index in [1.54, 1.807) is 0 Å². The van der Waals surface area contributed by atoms with Crippen molar-refractivity contribution in [3.8, 4) is 0 Å². The van der Waals surface area contributed by atoms with E-state index in [1.807, 2.05) is 0 Å². The third-order valence-corrected chi connectivity index (χ3v) is 3.31. The zero-order valence-corrected chi connectivity index (χ0v) is 8.96. The third kappa shape index (κ3) is 4.36. The Morgan fingerprint density at radius 2 is 2.00 bits per heavy atom. The molecule has 0 heterocycles. The molecule has 1 aliphatic rings. The molecule has 2 atom stereocenters. The predicted octanol–water partition coefficient (Wildman–Crippen LogP) is -0.266. The van der Waals surface area contributed by atoms with Gasteiger partial charge in [0.1, 0.15) is 0 Å². The molecule has 0 amide bonds. The van der Waals surface area contributed by atoms with Gasteiger partial charge >= 0.3 is 0 Å². The van der Waals surface area contributed by atoms with Gasteiger partial charge in [-0.1, -0.05) is 12.8 Å². The van der Waals surface area contributed by atoms with Gasteiger partial charge in [-0.25, -0.2) is 0 Å². The van der Waals surface area contributed by atoms with Gasteiger partial charge in [0.15, 0.2) is 0 Å². The number of hydrogen-bond donors (Lipinski definition) is 3. The van der Waals surface area contributed by atoms with Crippen LogP contribution in [-0.4, -0.2) is 37.4 Å². The number of hydrogen-bond acceptors (Lipinski definition) is 4. The summed E-state index contributed by atoms with van der Waals surface area (Å²) in [6.45, 7) is 0.275. The fraction of sp³-hybridized carbons (Fsp3) is 1.00. The van der Waals surface area contributed by atoms with Crippen LogP contribution in [0.15, 0.2) is 0 Å². The van der Waals surface area contributed by atoms with Gasteiger partial charge in [-0.15, -0.1) is 0 Å². The highest BCUT2D eigenvalue weighted by atomic mass is 32.2. The molecule has 1 saturated carbocycles. The first-order valence-corrected chi connectivity index (χ1v) is 6.54. The highest BCUT2D eigenvalue weighted by Crippen LogP contribution is 2.16. The molecular formula is C8H18N2O3S. The van der Waals surface area contributed by atoms with E-state index in [2.05, 4.69) is 5.32 Å². The minimum Gasteiger partial charge on any atom is -0.326 e. The van der Waals surface area contributed by atoms with Gasteiger partial charge in [-0.2, -0.15) is 8.42 Å². The molecule has 1 fully saturated rings. The number of nitrogens with one attached hydrogen (secondary N) is 1. The lowest BCUT2D eigenvalue weighted by molar-refractivity contribution is 0.332. The van der Waals surface area contributed by atoms with Gasteiger partial charge in [0.25, 0.3) is 10.1 Å². The molecular weight excluding hydrogens is 204 g/mol. The molecule has 5 nitrogen and oxygen atoms in total. The van der Waals surface area contributed by atoms with Crippen LogP contribution < -0.4 is 11.1 Å². The highest BCUT2D eigenvalue weighted by Gasteiger charge is 2.21. The first kappa shape index (κ1) is 11.9. The summed E-state index contributed by atoms with van der Waals surface area (Å²) in [5.41, 5.74) is 5.85. The van der Waals surface area contributed by atoms with E-state index in [1.165, 1.54) is 0 Å². The summed E-state index contributed by atoms with van der Waals surface area (Å²) in [5, 5.41) is 3.06. The van der Waals surface area contributed by atoms with Crippen LogP contribution in [-0.2, 0) is 10.1 Å². The van der Waals surface area contributed by atoms with Crippen molar-refractivity contribution in [2.24, 2.45) is 5.73 Å². The van der Waals surface area contributed by atoms with Crippen LogP contribution in [0.5, 0.6) is 0 Å². The average Bonchev–Trinajstić information content (AvgIpc) is 2.06.